The van der Waals surface area contributed by atoms with Gasteiger partial charge in [0.1, 0.15) is 0 Å². The summed E-state index contributed by atoms with van der Waals surface area (Å²) in [5.41, 5.74) is -0.452. The highest BCUT2D eigenvalue weighted by Crippen LogP contribution is 2.39. The molecule has 0 aromatic carbocycles. The summed E-state index contributed by atoms with van der Waals surface area (Å²) in [6, 6.07) is 0. The van der Waals surface area contributed by atoms with Gasteiger partial charge in [0, 0.05) is 19.4 Å². The van der Waals surface area contributed by atoms with Gasteiger partial charge in [0.2, 0.25) is 0 Å². The Morgan fingerprint density at radius 1 is 1.19 bits per heavy atom. The zero-order chi connectivity index (χ0) is 11.6. The Bertz CT molecular complexity index is 216. The monoisotopic (exact) mass is 227 g/mol. The first kappa shape index (κ1) is 12.3. The summed E-state index contributed by atoms with van der Waals surface area (Å²) in [6.07, 6.45) is 5.58. The van der Waals surface area contributed by atoms with E-state index in [1.54, 1.807) is 0 Å². The van der Waals surface area contributed by atoms with Crippen molar-refractivity contribution in [1.82, 2.24) is 4.90 Å². The minimum absolute atomic E-state index is 0.334. The number of rotatable bonds is 5. The van der Waals surface area contributed by atoms with Crippen LogP contribution in [0.5, 0.6) is 0 Å². The Morgan fingerprint density at radius 2 is 1.75 bits per heavy atom. The highest BCUT2D eigenvalue weighted by atomic mass is 16.5. The molecule has 2 saturated heterocycles. The second-order valence-electron chi connectivity index (χ2n) is 5.37. The first-order valence-electron chi connectivity index (χ1n) is 6.75. The van der Waals surface area contributed by atoms with E-state index in [0.29, 0.717) is 12.2 Å². The van der Waals surface area contributed by atoms with Crippen molar-refractivity contribution in [3.05, 3.63) is 0 Å². The van der Waals surface area contributed by atoms with Crippen molar-refractivity contribution >= 4 is 0 Å². The van der Waals surface area contributed by atoms with E-state index >= 15 is 0 Å². The minimum atomic E-state index is -0.452. The maximum absolute atomic E-state index is 10.6. The van der Waals surface area contributed by atoms with Gasteiger partial charge in [-0.15, -0.1) is 0 Å². The van der Waals surface area contributed by atoms with E-state index in [2.05, 4.69) is 18.7 Å². The molecule has 0 aliphatic carbocycles. The maximum atomic E-state index is 10.6. The molecule has 1 N–H and O–H groups in total. The third-order valence-corrected chi connectivity index (χ3v) is 4.20. The van der Waals surface area contributed by atoms with Crippen molar-refractivity contribution in [2.24, 2.45) is 0 Å². The Hall–Kier alpha value is -0.120. The molecule has 0 saturated carbocycles. The lowest BCUT2D eigenvalue weighted by atomic mass is 9.87. The fourth-order valence-electron chi connectivity index (χ4n) is 3.12. The second-order valence-corrected chi connectivity index (χ2v) is 5.37. The highest BCUT2D eigenvalue weighted by molar-refractivity contribution is 4.94. The smallest absolute Gasteiger partial charge is 0.0709 e. The molecule has 3 nitrogen and oxygen atoms in total. The molecule has 2 rings (SSSR count). The molecule has 2 atom stereocenters. The molecule has 2 aliphatic heterocycles. The number of ether oxygens (including phenoxy) is 1. The van der Waals surface area contributed by atoms with E-state index in [-0.39, 0.29) is 0 Å². The lowest BCUT2D eigenvalue weighted by Crippen LogP contribution is -2.43. The van der Waals surface area contributed by atoms with Crippen molar-refractivity contribution in [1.29, 1.82) is 0 Å². The Labute approximate surface area is 98.8 Å². The van der Waals surface area contributed by atoms with Gasteiger partial charge in [-0.2, -0.15) is 0 Å². The van der Waals surface area contributed by atoms with E-state index < -0.39 is 5.60 Å². The topological polar surface area (TPSA) is 32.7 Å². The molecule has 0 amide bonds. The quantitative estimate of drug-likeness (QED) is 0.777. The van der Waals surface area contributed by atoms with Gasteiger partial charge in [-0.25, -0.2) is 0 Å². The summed E-state index contributed by atoms with van der Waals surface area (Å²) in [7, 11) is 0. The molecule has 2 bridgehead atoms. The summed E-state index contributed by atoms with van der Waals surface area (Å²) < 4.78 is 5.78. The molecule has 2 aliphatic rings. The fourth-order valence-corrected chi connectivity index (χ4v) is 3.12. The predicted molar refractivity (Wildman–Crippen MR) is 64.5 cm³/mol. The number of hydrogen-bond donors (Lipinski definition) is 1. The number of fused-ring (bicyclic) bond motifs is 2. The predicted octanol–water partition coefficient (Wildman–Crippen LogP) is 1.79. The molecule has 3 heteroatoms. The van der Waals surface area contributed by atoms with Crippen LogP contribution in [0.3, 0.4) is 0 Å². The van der Waals surface area contributed by atoms with E-state index in [0.717, 1.165) is 51.7 Å². The van der Waals surface area contributed by atoms with Crippen LogP contribution in [-0.4, -0.2) is 47.4 Å². The van der Waals surface area contributed by atoms with Gasteiger partial charge in [-0.1, -0.05) is 13.8 Å². The normalized spacial score (nSPS) is 38.2. The third kappa shape index (κ3) is 2.76. The molecule has 2 unspecified atom stereocenters. The van der Waals surface area contributed by atoms with Crippen LogP contribution in [0.4, 0.5) is 0 Å². The van der Waals surface area contributed by atoms with E-state index in [1.807, 2.05) is 0 Å². The molecular formula is C13H25NO2. The van der Waals surface area contributed by atoms with Gasteiger partial charge < -0.3 is 14.7 Å². The third-order valence-electron chi connectivity index (χ3n) is 4.20. The number of hydrogen-bond acceptors (Lipinski definition) is 3. The van der Waals surface area contributed by atoms with Crippen molar-refractivity contribution < 1.29 is 9.84 Å². The van der Waals surface area contributed by atoms with Gasteiger partial charge in [0.05, 0.1) is 17.8 Å². The Morgan fingerprint density at radius 3 is 2.25 bits per heavy atom. The van der Waals surface area contributed by atoms with Crippen LogP contribution in [0.2, 0.25) is 0 Å². The summed E-state index contributed by atoms with van der Waals surface area (Å²) in [4.78, 5) is 2.38. The summed E-state index contributed by atoms with van der Waals surface area (Å²) in [5.74, 6) is 0. The lowest BCUT2D eigenvalue weighted by Gasteiger charge is -2.37. The zero-order valence-electron chi connectivity index (χ0n) is 10.6. The van der Waals surface area contributed by atoms with Crippen molar-refractivity contribution in [2.45, 2.75) is 63.8 Å². The fraction of sp³-hybridized carbons (Fsp3) is 1.00. The van der Waals surface area contributed by atoms with Crippen LogP contribution in [0.15, 0.2) is 0 Å². The van der Waals surface area contributed by atoms with E-state index in [4.69, 9.17) is 4.74 Å². The largest absolute Gasteiger partial charge is 0.390 e. The van der Waals surface area contributed by atoms with Gasteiger partial charge in [0.25, 0.3) is 0 Å². The molecule has 2 fully saturated rings. The van der Waals surface area contributed by atoms with Crippen molar-refractivity contribution in [3.63, 3.8) is 0 Å². The molecule has 0 aromatic rings. The molecule has 16 heavy (non-hydrogen) atoms. The van der Waals surface area contributed by atoms with Crippen LogP contribution in [-0.2, 0) is 4.74 Å². The van der Waals surface area contributed by atoms with E-state index in [9.17, 15) is 5.11 Å². The highest BCUT2D eigenvalue weighted by Gasteiger charge is 2.43. The number of aliphatic hydroxyl groups is 1. The van der Waals surface area contributed by atoms with Crippen LogP contribution >= 0.6 is 0 Å². The van der Waals surface area contributed by atoms with Gasteiger partial charge in [0.15, 0.2) is 0 Å². The van der Waals surface area contributed by atoms with Gasteiger partial charge in [-0.3, -0.25) is 0 Å². The zero-order valence-corrected chi connectivity index (χ0v) is 10.6. The molecule has 0 spiro atoms. The van der Waals surface area contributed by atoms with E-state index in [1.165, 1.54) is 0 Å². The standard InChI is InChI=1S/C13H25NO2/c1-3-14(4-2)8-7-13(15)9-11-5-6-12(10-13)16-11/h11-12,15H,3-10H2,1-2H3. The first-order chi connectivity index (χ1) is 7.65. The van der Waals surface area contributed by atoms with Crippen molar-refractivity contribution in [2.75, 3.05) is 19.6 Å². The molecule has 94 valence electrons. The van der Waals surface area contributed by atoms with Crippen LogP contribution in [0.25, 0.3) is 0 Å². The maximum Gasteiger partial charge on any atom is 0.0709 e. The lowest BCUT2D eigenvalue weighted by molar-refractivity contribution is -0.116. The van der Waals surface area contributed by atoms with Gasteiger partial charge >= 0.3 is 0 Å². The summed E-state index contributed by atoms with van der Waals surface area (Å²) in [5, 5.41) is 10.6. The van der Waals surface area contributed by atoms with Crippen LogP contribution in [0, 0.1) is 0 Å². The molecular weight excluding hydrogens is 202 g/mol. The molecule has 2 heterocycles. The summed E-state index contributed by atoms with van der Waals surface area (Å²) in [6.45, 7) is 7.54. The summed E-state index contributed by atoms with van der Waals surface area (Å²) >= 11 is 0. The van der Waals surface area contributed by atoms with Crippen LogP contribution < -0.4 is 0 Å². The molecule has 0 aromatic heterocycles. The van der Waals surface area contributed by atoms with Gasteiger partial charge in [-0.05, 0) is 32.4 Å². The number of nitrogens with zero attached hydrogens (tertiary/aromatic N) is 1. The Kier molecular flexibility index (Phi) is 3.88. The average molecular weight is 227 g/mol. The minimum Gasteiger partial charge on any atom is -0.390 e. The first-order valence-corrected chi connectivity index (χ1v) is 6.75. The SMILES string of the molecule is CCN(CC)CCC1(O)CC2CCC(C1)O2. The average Bonchev–Trinajstić information content (AvgIpc) is 2.60. The second kappa shape index (κ2) is 5.03. The van der Waals surface area contributed by atoms with Crippen LogP contribution in [0.1, 0.15) is 46.0 Å². The Balaban J connectivity index is 1.83. The molecule has 0 radical (unpaired) electrons. The van der Waals surface area contributed by atoms with Crippen molar-refractivity contribution in [3.8, 4) is 0 Å².